The maximum atomic E-state index is 5.52. The summed E-state index contributed by atoms with van der Waals surface area (Å²) in [5.74, 6) is 2.28. The number of piperazine rings is 1. The fourth-order valence-electron chi connectivity index (χ4n) is 2.65. The van der Waals surface area contributed by atoms with Gasteiger partial charge in [-0.05, 0) is 13.0 Å². The summed E-state index contributed by atoms with van der Waals surface area (Å²) in [7, 11) is 4.98. The van der Waals surface area contributed by atoms with Gasteiger partial charge in [0.05, 0.1) is 21.3 Å². The van der Waals surface area contributed by atoms with Crippen molar-refractivity contribution >= 4 is 24.8 Å². The number of hydrogen-bond acceptors (Lipinski definition) is 5. The summed E-state index contributed by atoms with van der Waals surface area (Å²) in [4.78, 5) is 2.44. The molecule has 1 saturated heterocycles. The van der Waals surface area contributed by atoms with Crippen LogP contribution in [-0.2, 0) is 0 Å². The van der Waals surface area contributed by atoms with E-state index in [4.69, 9.17) is 14.2 Å². The third-order valence-corrected chi connectivity index (χ3v) is 3.89. The largest absolute Gasteiger partial charge is 0.496 e. The number of rotatable bonds is 5. The van der Waals surface area contributed by atoms with Crippen molar-refractivity contribution in [2.45, 2.75) is 13.0 Å². The molecule has 0 spiro atoms. The molecule has 22 heavy (non-hydrogen) atoms. The SMILES string of the molecule is COc1cc(OC)c([C@@H](C)N2CCNCC2)cc1OC.Cl.Cl. The van der Waals surface area contributed by atoms with Crippen LogP contribution in [0.1, 0.15) is 18.5 Å². The van der Waals surface area contributed by atoms with Crippen molar-refractivity contribution in [1.29, 1.82) is 0 Å². The smallest absolute Gasteiger partial charge is 0.164 e. The standard InChI is InChI=1S/C15H24N2O3.2ClH/c1-11(17-7-5-16-6-8-17)12-9-14(19-3)15(20-4)10-13(12)18-2;;/h9-11,16H,5-8H2,1-4H3;2*1H/t11-;;/m1../s1. The quantitative estimate of drug-likeness (QED) is 0.881. The molecule has 1 atom stereocenters. The first-order valence-electron chi connectivity index (χ1n) is 6.96. The Balaban J connectivity index is 0.00000220. The molecule has 1 aliphatic heterocycles. The summed E-state index contributed by atoms with van der Waals surface area (Å²) in [5.41, 5.74) is 1.13. The first-order chi connectivity index (χ1) is 9.71. The molecule has 1 aliphatic rings. The highest BCUT2D eigenvalue weighted by atomic mass is 35.5. The lowest BCUT2D eigenvalue weighted by atomic mass is 10.0. The van der Waals surface area contributed by atoms with Crippen molar-refractivity contribution in [3.8, 4) is 17.2 Å². The highest BCUT2D eigenvalue weighted by Crippen LogP contribution is 2.39. The molecule has 0 amide bonds. The predicted octanol–water partition coefficient (Wildman–Crippen LogP) is 2.52. The Morgan fingerprint density at radius 3 is 1.91 bits per heavy atom. The van der Waals surface area contributed by atoms with Crippen LogP contribution in [0.2, 0.25) is 0 Å². The molecule has 0 radical (unpaired) electrons. The van der Waals surface area contributed by atoms with Crippen molar-refractivity contribution in [3.05, 3.63) is 17.7 Å². The second kappa shape index (κ2) is 10.0. The van der Waals surface area contributed by atoms with Crippen LogP contribution in [0, 0.1) is 0 Å². The van der Waals surface area contributed by atoms with E-state index in [0.717, 1.165) is 43.2 Å². The fraction of sp³-hybridized carbons (Fsp3) is 0.600. The molecule has 1 N–H and O–H groups in total. The van der Waals surface area contributed by atoms with Crippen molar-refractivity contribution in [2.75, 3.05) is 47.5 Å². The number of nitrogens with one attached hydrogen (secondary N) is 1. The van der Waals surface area contributed by atoms with Crippen LogP contribution in [0.3, 0.4) is 0 Å². The van der Waals surface area contributed by atoms with Crippen molar-refractivity contribution in [2.24, 2.45) is 0 Å². The Morgan fingerprint density at radius 2 is 1.41 bits per heavy atom. The number of benzene rings is 1. The topological polar surface area (TPSA) is 43.0 Å². The molecule has 128 valence electrons. The van der Waals surface area contributed by atoms with Crippen molar-refractivity contribution < 1.29 is 14.2 Å². The summed E-state index contributed by atoms with van der Waals surface area (Å²) in [6.45, 7) is 6.34. The van der Waals surface area contributed by atoms with E-state index in [1.165, 1.54) is 0 Å². The van der Waals surface area contributed by atoms with Gasteiger partial charge < -0.3 is 19.5 Å². The molecule has 1 aromatic rings. The predicted molar refractivity (Wildman–Crippen MR) is 93.5 cm³/mol. The van der Waals surface area contributed by atoms with Gasteiger partial charge >= 0.3 is 0 Å². The molecule has 0 aromatic heterocycles. The minimum atomic E-state index is 0. The van der Waals surface area contributed by atoms with Crippen LogP contribution >= 0.6 is 24.8 Å². The van der Waals surface area contributed by atoms with Gasteiger partial charge in [0.1, 0.15) is 5.75 Å². The maximum absolute atomic E-state index is 5.52. The number of methoxy groups -OCH3 is 3. The second-order valence-corrected chi connectivity index (χ2v) is 4.91. The lowest BCUT2D eigenvalue weighted by Gasteiger charge is -2.33. The molecular formula is C15H26Cl2N2O3. The summed E-state index contributed by atoms with van der Waals surface area (Å²) >= 11 is 0. The number of hydrogen-bond donors (Lipinski definition) is 1. The van der Waals surface area contributed by atoms with Crippen LogP contribution in [-0.4, -0.2) is 52.4 Å². The van der Waals surface area contributed by atoms with E-state index in [1.54, 1.807) is 21.3 Å². The molecule has 1 aromatic carbocycles. The molecule has 1 fully saturated rings. The van der Waals surface area contributed by atoms with E-state index in [2.05, 4.69) is 17.1 Å². The first-order valence-corrected chi connectivity index (χ1v) is 6.96. The molecule has 0 bridgehead atoms. The zero-order valence-corrected chi connectivity index (χ0v) is 15.2. The molecule has 0 aliphatic carbocycles. The van der Waals surface area contributed by atoms with Crippen LogP contribution in [0.25, 0.3) is 0 Å². The molecule has 0 unspecified atom stereocenters. The Labute approximate surface area is 145 Å². The third kappa shape index (κ3) is 4.56. The highest BCUT2D eigenvalue weighted by Gasteiger charge is 2.23. The molecule has 1 heterocycles. The maximum Gasteiger partial charge on any atom is 0.164 e. The van der Waals surface area contributed by atoms with Gasteiger partial charge in [0.15, 0.2) is 11.5 Å². The van der Waals surface area contributed by atoms with Crippen LogP contribution < -0.4 is 19.5 Å². The van der Waals surface area contributed by atoms with E-state index >= 15 is 0 Å². The second-order valence-electron chi connectivity index (χ2n) is 4.91. The third-order valence-electron chi connectivity index (χ3n) is 3.89. The highest BCUT2D eigenvalue weighted by molar-refractivity contribution is 5.85. The Hall–Kier alpha value is -0.880. The number of nitrogens with zero attached hydrogens (tertiary/aromatic N) is 1. The Kier molecular flexibility index (Phi) is 9.60. The van der Waals surface area contributed by atoms with E-state index in [-0.39, 0.29) is 30.9 Å². The molecule has 5 nitrogen and oxygen atoms in total. The van der Waals surface area contributed by atoms with Gasteiger partial charge in [0.25, 0.3) is 0 Å². The van der Waals surface area contributed by atoms with Crippen molar-refractivity contribution in [1.82, 2.24) is 10.2 Å². The monoisotopic (exact) mass is 352 g/mol. The van der Waals surface area contributed by atoms with Crippen molar-refractivity contribution in [3.63, 3.8) is 0 Å². The summed E-state index contributed by atoms with van der Waals surface area (Å²) in [6.07, 6.45) is 0. The lowest BCUT2D eigenvalue weighted by Crippen LogP contribution is -2.44. The average molecular weight is 353 g/mol. The molecule has 2 rings (SSSR count). The number of halogens is 2. The zero-order valence-electron chi connectivity index (χ0n) is 13.5. The normalized spacial score (nSPS) is 16.0. The van der Waals surface area contributed by atoms with Gasteiger partial charge in [-0.3, -0.25) is 4.90 Å². The van der Waals surface area contributed by atoms with Gasteiger partial charge in [-0.1, -0.05) is 0 Å². The van der Waals surface area contributed by atoms with E-state index in [9.17, 15) is 0 Å². The first kappa shape index (κ1) is 21.1. The van der Waals surface area contributed by atoms with Gasteiger partial charge in [0.2, 0.25) is 0 Å². The van der Waals surface area contributed by atoms with Crippen LogP contribution in [0.5, 0.6) is 17.2 Å². The zero-order chi connectivity index (χ0) is 14.5. The minimum absolute atomic E-state index is 0. The Morgan fingerprint density at radius 1 is 0.909 bits per heavy atom. The molecule has 0 saturated carbocycles. The fourth-order valence-corrected chi connectivity index (χ4v) is 2.65. The Bertz CT molecular complexity index is 455. The lowest BCUT2D eigenvalue weighted by molar-refractivity contribution is 0.182. The van der Waals surface area contributed by atoms with Gasteiger partial charge in [-0.2, -0.15) is 0 Å². The number of ether oxygens (including phenoxy) is 3. The summed E-state index contributed by atoms with van der Waals surface area (Å²) in [5, 5.41) is 3.37. The summed E-state index contributed by atoms with van der Waals surface area (Å²) < 4.78 is 16.3. The minimum Gasteiger partial charge on any atom is -0.496 e. The van der Waals surface area contributed by atoms with E-state index < -0.39 is 0 Å². The van der Waals surface area contributed by atoms with Gasteiger partial charge in [-0.15, -0.1) is 24.8 Å². The van der Waals surface area contributed by atoms with E-state index in [1.807, 2.05) is 12.1 Å². The van der Waals surface area contributed by atoms with E-state index in [0.29, 0.717) is 5.75 Å². The van der Waals surface area contributed by atoms with Crippen LogP contribution in [0.15, 0.2) is 12.1 Å². The van der Waals surface area contributed by atoms with Crippen LogP contribution in [0.4, 0.5) is 0 Å². The summed E-state index contributed by atoms with van der Waals surface area (Å²) in [6, 6.07) is 4.20. The van der Waals surface area contributed by atoms with Gasteiger partial charge in [0, 0.05) is 43.9 Å². The molecular weight excluding hydrogens is 327 g/mol. The van der Waals surface area contributed by atoms with Gasteiger partial charge in [-0.25, -0.2) is 0 Å². The average Bonchev–Trinajstić information content (AvgIpc) is 2.53. The molecule has 7 heteroatoms.